The number of amides is 4. The molecule has 0 aliphatic carbocycles. The normalized spacial score (nSPS) is 26.3. The van der Waals surface area contributed by atoms with E-state index >= 15 is 0 Å². The number of hydrogen-bond donors (Lipinski definition) is 3. The molecule has 4 bridgehead atoms. The van der Waals surface area contributed by atoms with Crippen molar-refractivity contribution in [1.29, 1.82) is 0 Å². The summed E-state index contributed by atoms with van der Waals surface area (Å²) >= 11 is 1.67. The molecule has 12 heteroatoms. The van der Waals surface area contributed by atoms with Crippen molar-refractivity contribution in [3.8, 4) is 0 Å². The lowest BCUT2D eigenvalue weighted by molar-refractivity contribution is -0.134. The van der Waals surface area contributed by atoms with Gasteiger partial charge in [0, 0.05) is 74.0 Å². The molecule has 5 aliphatic heterocycles. The van der Waals surface area contributed by atoms with E-state index in [2.05, 4.69) is 37.7 Å². The Morgan fingerprint density at radius 3 is 2.44 bits per heavy atom. The number of piperidine rings is 3. The molecule has 0 unspecified atom stereocenters. The number of hydrogen-bond acceptors (Lipinski definition) is 8. The molecular weight excluding hydrogens is 675 g/mol. The van der Waals surface area contributed by atoms with E-state index in [1.807, 2.05) is 25.1 Å². The van der Waals surface area contributed by atoms with Gasteiger partial charge in [-0.2, -0.15) is 0 Å². The summed E-state index contributed by atoms with van der Waals surface area (Å²) in [7, 11) is 2.20. The molecule has 3 fully saturated rings. The van der Waals surface area contributed by atoms with Gasteiger partial charge in [0.15, 0.2) is 0 Å². The summed E-state index contributed by atoms with van der Waals surface area (Å²) in [4.78, 5) is 66.1. The smallest absolute Gasteiger partial charge is 0.251 e. The number of carbonyl (C=O) groups is 4. The Hall–Kier alpha value is -3.35. The number of rotatable bonds is 7. The maximum atomic E-state index is 13.7. The van der Waals surface area contributed by atoms with Crippen molar-refractivity contribution in [2.45, 2.75) is 102 Å². The van der Waals surface area contributed by atoms with Crippen LogP contribution in [0.1, 0.15) is 102 Å². The van der Waals surface area contributed by atoms with E-state index in [9.17, 15) is 19.2 Å². The van der Waals surface area contributed by atoms with Crippen LogP contribution < -0.4 is 16.0 Å². The standard InChI is InChI=1S/C40H59N7O4S/c1-28-35-26-37(49)43-33(10-6-7-17-42-39(51)29-8-4-3-5-9-29)25-36(48)41-18-11-32-27-47(34-15-19-45(2)20-16-34)23-14-31(32)24-38(50)46-21-12-30(13-22-46)40(44-35)52-28/h3-5,8-9,30-34H,6-7,10-27H2,1-2H3,(H,41,48)(H,42,51)(H,43,49)/t31-,32-,33-/m0/s1. The third-order valence-corrected chi connectivity index (χ3v) is 13.1. The first-order valence-corrected chi connectivity index (χ1v) is 20.6. The van der Waals surface area contributed by atoms with E-state index in [4.69, 9.17) is 4.98 Å². The number of nitrogens with one attached hydrogen (secondary N) is 3. The predicted molar refractivity (Wildman–Crippen MR) is 204 cm³/mol. The molecule has 1 aromatic carbocycles. The average Bonchev–Trinajstić information content (AvgIpc) is 3.51. The topological polar surface area (TPSA) is 127 Å². The minimum atomic E-state index is -0.314. The minimum absolute atomic E-state index is 0.0664. The van der Waals surface area contributed by atoms with E-state index in [1.54, 1.807) is 23.5 Å². The molecule has 1 aromatic heterocycles. The molecule has 4 amide bonds. The number of likely N-dealkylation sites (tertiary alicyclic amines) is 2. The summed E-state index contributed by atoms with van der Waals surface area (Å²) in [6.07, 6.45) is 9.17. The fourth-order valence-electron chi connectivity index (χ4n) is 8.67. The van der Waals surface area contributed by atoms with Gasteiger partial charge in [-0.05, 0) is 115 Å². The Kier molecular flexibility index (Phi) is 13.7. The van der Waals surface area contributed by atoms with Gasteiger partial charge in [-0.1, -0.05) is 18.2 Å². The van der Waals surface area contributed by atoms with E-state index in [1.165, 1.54) is 12.8 Å². The number of unbranched alkanes of at least 4 members (excludes halogenated alkanes) is 1. The number of thiazole rings is 1. The molecule has 6 heterocycles. The van der Waals surface area contributed by atoms with Crippen molar-refractivity contribution in [2.75, 3.05) is 59.4 Å². The highest BCUT2D eigenvalue weighted by Crippen LogP contribution is 2.35. The maximum absolute atomic E-state index is 13.7. The maximum Gasteiger partial charge on any atom is 0.251 e. The first kappa shape index (κ1) is 38.4. The van der Waals surface area contributed by atoms with Gasteiger partial charge >= 0.3 is 0 Å². The van der Waals surface area contributed by atoms with Crippen LogP contribution in [0.2, 0.25) is 0 Å². The van der Waals surface area contributed by atoms with Gasteiger partial charge < -0.3 is 25.8 Å². The number of aryl methyl sites for hydroxylation is 1. The Bertz CT molecular complexity index is 1500. The van der Waals surface area contributed by atoms with E-state index < -0.39 is 0 Å². The Morgan fingerprint density at radius 1 is 0.904 bits per heavy atom. The fourth-order valence-corrected chi connectivity index (χ4v) is 9.78. The van der Waals surface area contributed by atoms with Crippen LogP contribution in [0.4, 0.5) is 0 Å². The Labute approximate surface area is 313 Å². The van der Waals surface area contributed by atoms with Crippen molar-refractivity contribution in [1.82, 2.24) is 35.6 Å². The zero-order valence-electron chi connectivity index (χ0n) is 31.2. The van der Waals surface area contributed by atoms with Crippen LogP contribution in [0.15, 0.2) is 30.3 Å². The largest absolute Gasteiger partial charge is 0.356 e. The van der Waals surface area contributed by atoms with Gasteiger partial charge in [0.2, 0.25) is 17.7 Å². The molecule has 284 valence electrons. The zero-order valence-corrected chi connectivity index (χ0v) is 32.1. The summed E-state index contributed by atoms with van der Waals surface area (Å²) < 4.78 is 0. The molecule has 2 aromatic rings. The highest BCUT2D eigenvalue weighted by molar-refractivity contribution is 7.11. The third-order valence-electron chi connectivity index (χ3n) is 11.9. The van der Waals surface area contributed by atoms with Crippen LogP contribution in [0.5, 0.6) is 0 Å². The fraction of sp³-hybridized carbons (Fsp3) is 0.675. The van der Waals surface area contributed by atoms with E-state index in [-0.39, 0.29) is 42.5 Å². The molecule has 5 aliphatic rings. The van der Waals surface area contributed by atoms with Crippen LogP contribution in [0, 0.1) is 18.8 Å². The lowest BCUT2D eigenvalue weighted by atomic mass is 9.79. The van der Waals surface area contributed by atoms with Crippen molar-refractivity contribution in [2.24, 2.45) is 11.8 Å². The molecule has 52 heavy (non-hydrogen) atoms. The monoisotopic (exact) mass is 733 g/mol. The van der Waals surface area contributed by atoms with Gasteiger partial charge in [0.1, 0.15) is 0 Å². The predicted octanol–water partition coefficient (Wildman–Crippen LogP) is 4.12. The third kappa shape index (κ3) is 10.6. The van der Waals surface area contributed by atoms with Gasteiger partial charge in [-0.25, -0.2) is 4.98 Å². The summed E-state index contributed by atoms with van der Waals surface area (Å²) in [5.74, 6) is 0.952. The number of nitrogens with zero attached hydrogens (tertiary/aromatic N) is 4. The molecule has 3 saturated heterocycles. The Balaban J connectivity index is 1.11. The SMILES string of the molecule is Cc1sc2nc1CC(=O)N[C@@H](CCCCNC(=O)c1ccccc1)CC(=O)NCC[C@H]1CN(C3CCN(C)CC3)CC[C@H]1CC(=O)N1CCC2CC1. The molecule has 11 nitrogen and oxygen atoms in total. The van der Waals surface area contributed by atoms with Crippen molar-refractivity contribution >= 4 is 35.0 Å². The number of carbonyl (C=O) groups excluding carboxylic acids is 4. The van der Waals surface area contributed by atoms with Crippen LogP contribution in [-0.4, -0.2) is 115 Å². The first-order chi connectivity index (χ1) is 25.2. The van der Waals surface area contributed by atoms with Gasteiger partial charge in [0.05, 0.1) is 17.1 Å². The second kappa shape index (κ2) is 18.6. The average molecular weight is 734 g/mol. The summed E-state index contributed by atoms with van der Waals surface area (Å²) in [6.45, 7) is 8.91. The second-order valence-electron chi connectivity index (χ2n) is 15.7. The second-order valence-corrected chi connectivity index (χ2v) is 16.9. The minimum Gasteiger partial charge on any atom is -0.356 e. The molecule has 0 radical (unpaired) electrons. The Morgan fingerprint density at radius 2 is 1.67 bits per heavy atom. The highest BCUT2D eigenvalue weighted by Gasteiger charge is 2.36. The van der Waals surface area contributed by atoms with Gasteiger partial charge in [-0.3, -0.25) is 24.1 Å². The summed E-state index contributed by atoms with van der Waals surface area (Å²) in [5, 5.41) is 10.4. The van der Waals surface area contributed by atoms with Crippen LogP contribution in [0.3, 0.4) is 0 Å². The van der Waals surface area contributed by atoms with Crippen molar-refractivity contribution in [3.05, 3.63) is 51.5 Å². The van der Waals surface area contributed by atoms with Gasteiger partial charge in [-0.15, -0.1) is 11.3 Å². The molecule has 7 rings (SSSR count). The van der Waals surface area contributed by atoms with Crippen LogP contribution >= 0.6 is 11.3 Å². The van der Waals surface area contributed by atoms with Crippen molar-refractivity contribution < 1.29 is 19.2 Å². The first-order valence-electron chi connectivity index (χ1n) is 19.8. The molecule has 3 N–H and O–H groups in total. The van der Waals surface area contributed by atoms with Crippen LogP contribution in [0.25, 0.3) is 0 Å². The lowest BCUT2D eigenvalue weighted by Gasteiger charge is -2.45. The molecule has 0 saturated carbocycles. The highest BCUT2D eigenvalue weighted by atomic mass is 32.1. The van der Waals surface area contributed by atoms with Crippen LogP contribution in [-0.2, 0) is 20.8 Å². The van der Waals surface area contributed by atoms with E-state index in [0.717, 1.165) is 93.4 Å². The van der Waals surface area contributed by atoms with E-state index in [0.29, 0.717) is 55.3 Å². The number of aromatic nitrogens is 1. The number of benzene rings is 1. The summed E-state index contributed by atoms with van der Waals surface area (Å²) in [6, 6.07) is 9.45. The quantitative estimate of drug-likeness (QED) is 0.366. The zero-order chi connectivity index (χ0) is 36.5. The number of fused-ring (bicyclic) bond motifs is 11. The molecule has 3 atom stereocenters. The molecule has 0 spiro atoms. The summed E-state index contributed by atoms with van der Waals surface area (Å²) in [5.41, 5.74) is 1.43. The van der Waals surface area contributed by atoms with Crippen molar-refractivity contribution in [3.63, 3.8) is 0 Å². The molecular formula is C40H59N7O4S. The van der Waals surface area contributed by atoms with Gasteiger partial charge in [0.25, 0.3) is 5.91 Å². The lowest BCUT2D eigenvalue weighted by Crippen LogP contribution is -2.51.